The largest absolute Gasteiger partial charge is 0.376 e. The second-order valence-corrected chi connectivity index (χ2v) is 5.53. The molecule has 1 saturated heterocycles. The maximum atomic E-state index is 11.5. The summed E-state index contributed by atoms with van der Waals surface area (Å²) in [5.74, 6) is -1.59. The Morgan fingerprint density at radius 1 is 1.32 bits per heavy atom. The maximum Gasteiger partial charge on any atom is 0.329 e. The van der Waals surface area contributed by atoms with E-state index in [1.165, 1.54) is 6.21 Å². The predicted octanol–water partition coefficient (Wildman–Crippen LogP) is 1.74. The van der Waals surface area contributed by atoms with Crippen molar-refractivity contribution in [1.29, 1.82) is 0 Å². The van der Waals surface area contributed by atoms with Gasteiger partial charge in [-0.05, 0) is 30.5 Å². The van der Waals surface area contributed by atoms with E-state index in [0.29, 0.717) is 28.8 Å². The van der Waals surface area contributed by atoms with Gasteiger partial charge in [0.15, 0.2) is 0 Å². The van der Waals surface area contributed by atoms with Gasteiger partial charge in [-0.2, -0.15) is 5.10 Å². The van der Waals surface area contributed by atoms with Gasteiger partial charge in [-0.3, -0.25) is 9.59 Å². The molecule has 2 amide bonds. The quantitative estimate of drug-likeness (QED) is 0.496. The summed E-state index contributed by atoms with van der Waals surface area (Å²) in [4.78, 5) is 23.1. The van der Waals surface area contributed by atoms with Crippen LogP contribution >= 0.6 is 23.2 Å². The van der Waals surface area contributed by atoms with E-state index in [-0.39, 0.29) is 6.10 Å². The van der Waals surface area contributed by atoms with Gasteiger partial charge in [0.2, 0.25) is 0 Å². The van der Waals surface area contributed by atoms with E-state index in [1.54, 1.807) is 18.2 Å². The Balaban J connectivity index is 1.77. The van der Waals surface area contributed by atoms with E-state index >= 15 is 0 Å². The Morgan fingerprint density at radius 3 is 2.82 bits per heavy atom. The van der Waals surface area contributed by atoms with Crippen LogP contribution in [0.15, 0.2) is 23.3 Å². The van der Waals surface area contributed by atoms with Gasteiger partial charge >= 0.3 is 11.8 Å². The summed E-state index contributed by atoms with van der Waals surface area (Å²) in [6.07, 6.45) is 3.21. The van der Waals surface area contributed by atoms with Crippen LogP contribution in [0.25, 0.3) is 0 Å². The lowest BCUT2D eigenvalue weighted by Crippen LogP contribution is -2.41. The fraction of sp³-hybridized carbons (Fsp3) is 0.357. The number of halogens is 2. The standard InChI is InChI=1S/C14H15Cl2N3O3/c15-11-4-3-9(6-12(11)16)7-18-19-14(21)13(20)17-8-10-2-1-5-22-10/h3-4,6-7,10H,1-2,5,8H2,(H,17,20)(H,19,21)/b18-7-/t10-/m0/s1. The molecule has 0 spiro atoms. The first kappa shape index (κ1) is 16.7. The van der Waals surface area contributed by atoms with Crippen LogP contribution in [0.3, 0.4) is 0 Å². The van der Waals surface area contributed by atoms with E-state index in [0.717, 1.165) is 12.8 Å². The molecule has 22 heavy (non-hydrogen) atoms. The first-order chi connectivity index (χ1) is 10.6. The minimum absolute atomic E-state index is 0.0172. The van der Waals surface area contributed by atoms with Crippen LogP contribution < -0.4 is 10.7 Å². The highest BCUT2D eigenvalue weighted by atomic mass is 35.5. The number of amides is 2. The number of hydrogen-bond acceptors (Lipinski definition) is 4. The molecule has 0 saturated carbocycles. The van der Waals surface area contributed by atoms with Crippen molar-refractivity contribution in [1.82, 2.24) is 10.7 Å². The second-order valence-electron chi connectivity index (χ2n) is 4.72. The SMILES string of the molecule is O=C(NC[C@@H]1CCCO1)C(=O)N/N=C\c1ccc(Cl)c(Cl)c1. The van der Waals surface area contributed by atoms with Crippen LogP contribution in [0.1, 0.15) is 18.4 Å². The number of benzene rings is 1. The van der Waals surface area contributed by atoms with Crippen LogP contribution in [0.2, 0.25) is 10.0 Å². The number of ether oxygens (including phenoxy) is 1. The molecule has 0 aromatic heterocycles. The highest BCUT2D eigenvalue weighted by Crippen LogP contribution is 2.21. The summed E-state index contributed by atoms with van der Waals surface area (Å²) in [6, 6.07) is 4.89. The first-order valence-electron chi connectivity index (χ1n) is 6.74. The summed E-state index contributed by atoms with van der Waals surface area (Å²) in [7, 11) is 0. The summed E-state index contributed by atoms with van der Waals surface area (Å²) in [5.41, 5.74) is 2.79. The van der Waals surface area contributed by atoms with Gasteiger partial charge in [-0.15, -0.1) is 0 Å². The third-order valence-corrected chi connectivity index (χ3v) is 3.78. The van der Waals surface area contributed by atoms with Gasteiger partial charge < -0.3 is 10.1 Å². The van der Waals surface area contributed by atoms with Crippen molar-refractivity contribution >= 4 is 41.2 Å². The van der Waals surface area contributed by atoms with Crippen LogP contribution in [-0.4, -0.2) is 37.3 Å². The molecule has 8 heteroatoms. The zero-order valence-corrected chi connectivity index (χ0v) is 13.2. The number of nitrogens with one attached hydrogen (secondary N) is 2. The fourth-order valence-corrected chi connectivity index (χ4v) is 2.21. The van der Waals surface area contributed by atoms with Crippen LogP contribution in [0.5, 0.6) is 0 Å². The Bertz CT molecular complexity index is 587. The van der Waals surface area contributed by atoms with Crippen molar-refractivity contribution in [2.45, 2.75) is 18.9 Å². The molecule has 1 aromatic rings. The smallest absolute Gasteiger partial charge is 0.329 e. The molecule has 0 aliphatic carbocycles. The van der Waals surface area contributed by atoms with E-state index in [1.807, 2.05) is 0 Å². The van der Waals surface area contributed by atoms with Gasteiger partial charge in [0.25, 0.3) is 0 Å². The number of hydrazone groups is 1. The topological polar surface area (TPSA) is 79.8 Å². The van der Waals surface area contributed by atoms with Crippen molar-refractivity contribution in [3.8, 4) is 0 Å². The Labute approximate surface area is 137 Å². The normalized spacial score (nSPS) is 17.6. The molecule has 0 bridgehead atoms. The van der Waals surface area contributed by atoms with Crippen molar-refractivity contribution in [3.63, 3.8) is 0 Å². The lowest BCUT2D eigenvalue weighted by molar-refractivity contribution is -0.139. The number of carbonyl (C=O) groups is 2. The van der Waals surface area contributed by atoms with Gasteiger partial charge in [0, 0.05) is 13.2 Å². The molecule has 1 atom stereocenters. The van der Waals surface area contributed by atoms with E-state index < -0.39 is 11.8 Å². The molecule has 1 heterocycles. The highest BCUT2D eigenvalue weighted by Gasteiger charge is 2.18. The Morgan fingerprint density at radius 2 is 2.14 bits per heavy atom. The zero-order chi connectivity index (χ0) is 15.9. The molecule has 2 N–H and O–H groups in total. The molecule has 1 aliphatic rings. The number of carbonyl (C=O) groups excluding carboxylic acids is 2. The average Bonchev–Trinajstić information content (AvgIpc) is 3.01. The van der Waals surface area contributed by atoms with Gasteiger partial charge in [-0.1, -0.05) is 29.3 Å². The van der Waals surface area contributed by atoms with Crippen LogP contribution in [0, 0.1) is 0 Å². The summed E-state index contributed by atoms with van der Waals surface area (Å²) in [5, 5.41) is 7.00. The predicted molar refractivity (Wildman–Crippen MR) is 84.2 cm³/mol. The van der Waals surface area contributed by atoms with Gasteiger partial charge in [-0.25, -0.2) is 5.43 Å². The molecule has 118 valence electrons. The van der Waals surface area contributed by atoms with Crippen molar-refractivity contribution in [2.75, 3.05) is 13.2 Å². The zero-order valence-electron chi connectivity index (χ0n) is 11.6. The maximum absolute atomic E-state index is 11.5. The lowest BCUT2D eigenvalue weighted by atomic mass is 10.2. The third kappa shape index (κ3) is 4.98. The molecular weight excluding hydrogens is 329 g/mol. The van der Waals surface area contributed by atoms with E-state index in [9.17, 15) is 9.59 Å². The molecule has 1 fully saturated rings. The molecule has 6 nitrogen and oxygen atoms in total. The van der Waals surface area contributed by atoms with E-state index in [4.69, 9.17) is 27.9 Å². The number of rotatable bonds is 4. The minimum atomic E-state index is -0.839. The van der Waals surface area contributed by atoms with E-state index in [2.05, 4.69) is 15.8 Å². The highest BCUT2D eigenvalue weighted by molar-refractivity contribution is 6.42. The lowest BCUT2D eigenvalue weighted by Gasteiger charge is -2.09. The first-order valence-corrected chi connectivity index (χ1v) is 7.50. The summed E-state index contributed by atoms with van der Waals surface area (Å²) < 4.78 is 5.34. The number of nitrogens with zero attached hydrogens (tertiary/aromatic N) is 1. The molecule has 2 rings (SSSR count). The molecule has 1 aliphatic heterocycles. The molecule has 1 aromatic carbocycles. The van der Waals surface area contributed by atoms with Gasteiger partial charge in [0.05, 0.1) is 22.4 Å². The third-order valence-electron chi connectivity index (χ3n) is 3.04. The van der Waals surface area contributed by atoms with Crippen molar-refractivity contribution in [3.05, 3.63) is 33.8 Å². The summed E-state index contributed by atoms with van der Waals surface area (Å²) in [6.45, 7) is 1.02. The minimum Gasteiger partial charge on any atom is -0.376 e. The average molecular weight is 344 g/mol. The fourth-order valence-electron chi connectivity index (χ4n) is 1.90. The monoisotopic (exact) mass is 343 g/mol. The van der Waals surface area contributed by atoms with Crippen molar-refractivity contribution in [2.24, 2.45) is 5.10 Å². The van der Waals surface area contributed by atoms with Crippen LogP contribution in [0.4, 0.5) is 0 Å². The van der Waals surface area contributed by atoms with Crippen LogP contribution in [-0.2, 0) is 14.3 Å². The summed E-state index contributed by atoms with van der Waals surface area (Å²) >= 11 is 11.6. The second kappa shape index (κ2) is 8.12. The molecule has 0 radical (unpaired) electrons. The Hall–Kier alpha value is -1.63. The van der Waals surface area contributed by atoms with Crippen molar-refractivity contribution < 1.29 is 14.3 Å². The Kier molecular flexibility index (Phi) is 6.18. The molecule has 0 unspecified atom stereocenters. The molecular formula is C14H15Cl2N3O3. The van der Waals surface area contributed by atoms with Gasteiger partial charge in [0.1, 0.15) is 0 Å². The number of hydrogen-bond donors (Lipinski definition) is 2.